The lowest BCUT2D eigenvalue weighted by Crippen LogP contribution is -2.48. The summed E-state index contributed by atoms with van der Waals surface area (Å²) in [4.78, 5) is 21.3. The molecule has 5 nitrogen and oxygen atoms in total. The van der Waals surface area contributed by atoms with E-state index < -0.39 is 0 Å². The number of hydrogen-bond acceptors (Lipinski definition) is 5. The van der Waals surface area contributed by atoms with Crippen molar-refractivity contribution in [3.05, 3.63) is 40.7 Å². The zero-order valence-electron chi connectivity index (χ0n) is 12.4. The molecule has 116 valence electrons. The molecule has 2 aliphatic rings. The Morgan fingerprint density at radius 1 is 1.36 bits per heavy atom. The molecule has 2 aromatic heterocycles. The van der Waals surface area contributed by atoms with Crippen LogP contribution in [0.5, 0.6) is 0 Å². The van der Waals surface area contributed by atoms with Crippen LogP contribution in [-0.4, -0.2) is 46.9 Å². The number of rotatable bonds is 4. The Bertz CT molecular complexity index is 618. The van der Waals surface area contributed by atoms with E-state index in [0.29, 0.717) is 11.8 Å². The second-order valence-electron chi connectivity index (χ2n) is 6.05. The summed E-state index contributed by atoms with van der Waals surface area (Å²) >= 11 is 1.63. The number of nitrogens with zero attached hydrogens (tertiary/aromatic N) is 3. The third kappa shape index (κ3) is 2.80. The number of carbonyl (C=O) groups is 1. The fourth-order valence-corrected chi connectivity index (χ4v) is 3.74. The fraction of sp³-hybridized carbons (Fsp3) is 0.500. The second kappa shape index (κ2) is 5.85. The number of aromatic nitrogens is 1. The van der Waals surface area contributed by atoms with Gasteiger partial charge in [-0.2, -0.15) is 0 Å². The molecule has 4 rings (SSSR count). The van der Waals surface area contributed by atoms with Crippen LogP contribution < -0.4 is 0 Å². The van der Waals surface area contributed by atoms with E-state index >= 15 is 0 Å². The van der Waals surface area contributed by atoms with Crippen LogP contribution in [0.4, 0.5) is 0 Å². The van der Waals surface area contributed by atoms with Gasteiger partial charge in [0.2, 0.25) is 5.91 Å². The Morgan fingerprint density at radius 2 is 2.23 bits per heavy atom. The van der Waals surface area contributed by atoms with Crippen molar-refractivity contribution in [1.29, 1.82) is 0 Å². The predicted molar refractivity (Wildman–Crippen MR) is 83.5 cm³/mol. The maximum atomic E-state index is 12.5. The van der Waals surface area contributed by atoms with Crippen molar-refractivity contribution in [2.75, 3.05) is 26.2 Å². The Morgan fingerprint density at radius 3 is 2.91 bits per heavy atom. The van der Waals surface area contributed by atoms with Crippen LogP contribution in [0.1, 0.15) is 23.8 Å². The first-order valence-electron chi connectivity index (χ1n) is 7.73. The summed E-state index contributed by atoms with van der Waals surface area (Å²) in [7, 11) is 0. The van der Waals surface area contributed by atoms with Crippen LogP contribution in [0, 0.1) is 5.92 Å². The first-order chi connectivity index (χ1) is 10.8. The molecule has 2 atom stereocenters. The van der Waals surface area contributed by atoms with Crippen molar-refractivity contribution >= 4 is 17.2 Å². The number of hydrogen-bond donors (Lipinski definition) is 0. The molecule has 3 heterocycles. The summed E-state index contributed by atoms with van der Waals surface area (Å²) in [6.07, 6.45) is 2.62. The van der Waals surface area contributed by atoms with Crippen molar-refractivity contribution in [2.45, 2.75) is 18.9 Å². The molecule has 2 fully saturated rings. The highest BCUT2D eigenvalue weighted by Crippen LogP contribution is 2.48. The van der Waals surface area contributed by atoms with E-state index in [4.69, 9.17) is 4.42 Å². The van der Waals surface area contributed by atoms with Gasteiger partial charge in [0.05, 0.1) is 17.5 Å². The van der Waals surface area contributed by atoms with Gasteiger partial charge in [-0.3, -0.25) is 9.69 Å². The molecule has 0 bridgehead atoms. The van der Waals surface area contributed by atoms with Crippen molar-refractivity contribution in [2.24, 2.45) is 5.92 Å². The normalized spacial score (nSPS) is 25.4. The molecule has 2 aromatic rings. The van der Waals surface area contributed by atoms with Gasteiger partial charge in [0, 0.05) is 49.9 Å². The number of thiazole rings is 1. The SMILES string of the molecule is O=C([C@@H]1C[C@H]1c1ccco1)N1CCN(Cc2cscn2)CC1. The summed E-state index contributed by atoms with van der Waals surface area (Å²) in [6.45, 7) is 4.40. The average Bonchev–Trinajstić information content (AvgIpc) is 2.94. The van der Waals surface area contributed by atoms with Gasteiger partial charge in [-0.25, -0.2) is 4.98 Å². The van der Waals surface area contributed by atoms with Gasteiger partial charge in [-0.05, 0) is 18.6 Å². The molecule has 1 aliphatic carbocycles. The molecule has 22 heavy (non-hydrogen) atoms. The monoisotopic (exact) mass is 317 g/mol. The fourth-order valence-electron chi connectivity index (χ4n) is 3.19. The quantitative estimate of drug-likeness (QED) is 0.867. The topological polar surface area (TPSA) is 49.6 Å². The van der Waals surface area contributed by atoms with E-state index in [1.54, 1.807) is 17.6 Å². The van der Waals surface area contributed by atoms with Gasteiger partial charge in [-0.15, -0.1) is 11.3 Å². The second-order valence-corrected chi connectivity index (χ2v) is 6.76. The summed E-state index contributed by atoms with van der Waals surface area (Å²) in [5, 5.41) is 2.09. The highest BCUT2D eigenvalue weighted by molar-refractivity contribution is 7.07. The van der Waals surface area contributed by atoms with Gasteiger partial charge >= 0.3 is 0 Å². The van der Waals surface area contributed by atoms with Crippen LogP contribution >= 0.6 is 11.3 Å². The third-order valence-electron chi connectivity index (χ3n) is 4.57. The molecule has 0 unspecified atom stereocenters. The standard InChI is InChI=1S/C16H19N3O2S/c20-16(14-8-13(14)15-2-1-7-21-15)19-5-3-18(4-6-19)9-12-10-22-11-17-12/h1-2,7,10-11,13-14H,3-6,8-9H2/t13-,14-/m1/s1. The first-order valence-corrected chi connectivity index (χ1v) is 8.67. The third-order valence-corrected chi connectivity index (χ3v) is 5.20. The van der Waals surface area contributed by atoms with E-state index in [-0.39, 0.29) is 5.92 Å². The molecule has 6 heteroatoms. The summed E-state index contributed by atoms with van der Waals surface area (Å²) in [6, 6.07) is 3.87. The molecule has 1 amide bonds. The number of furan rings is 1. The van der Waals surface area contributed by atoms with Gasteiger partial charge in [0.1, 0.15) is 5.76 Å². The zero-order valence-corrected chi connectivity index (χ0v) is 13.2. The largest absolute Gasteiger partial charge is 0.469 e. The van der Waals surface area contributed by atoms with Crippen molar-refractivity contribution in [3.63, 3.8) is 0 Å². The zero-order chi connectivity index (χ0) is 14.9. The van der Waals surface area contributed by atoms with Crippen LogP contribution in [0.25, 0.3) is 0 Å². The minimum absolute atomic E-state index is 0.135. The van der Waals surface area contributed by atoms with Gasteiger partial charge < -0.3 is 9.32 Å². The Hall–Kier alpha value is -1.66. The Kier molecular flexibility index (Phi) is 3.72. The summed E-state index contributed by atoms with van der Waals surface area (Å²) in [5.41, 5.74) is 3.00. The highest BCUT2D eigenvalue weighted by Gasteiger charge is 2.47. The lowest BCUT2D eigenvalue weighted by Gasteiger charge is -2.34. The van der Waals surface area contributed by atoms with E-state index in [2.05, 4.69) is 15.3 Å². The van der Waals surface area contributed by atoms with Crippen molar-refractivity contribution < 1.29 is 9.21 Å². The molecule has 1 aliphatic heterocycles. The van der Waals surface area contributed by atoms with Gasteiger partial charge in [0.25, 0.3) is 0 Å². The van der Waals surface area contributed by atoms with Crippen LogP contribution in [-0.2, 0) is 11.3 Å². The van der Waals surface area contributed by atoms with E-state index in [9.17, 15) is 4.79 Å². The van der Waals surface area contributed by atoms with E-state index in [1.165, 1.54) is 0 Å². The van der Waals surface area contributed by atoms with Crippen molar-refractivity contribution in [1.82, 2.24) is 14.8 Å². The van der Waals surface area contributed by atoms with Crippen LogP contribution in [0.15, 0.2) is 33.7 Å². The van der Waals surface area contributed by atoms with Crippen LogP contribution in [0.3, 0.4) is 0 Å². The molecular weight excluding hydrogens is 298 g/mol. The molecule has 0 radical (unpaired) electrons. The molecule has 0 spiro atoms. The van der Waals surface area contributed by atoms with Crippen LogP contribution in [0.2, 0.25) is 0 Å². The van der Waals surface area contributed by atoms with Crippen molar-refractivity contribution in [3.8, 4) is 0 Å². The molecular formula is C16H19N3O2S. The predicted octanol–water partition coefficient (Wildman–Crippen LogP) is 2.18. The summed E-state index contributed by atoms with van der Waals surface area (Å²) in [5.74, 6) is 1.70. The lowest BCUT2D eigenvalue weighted by atomic mass is 10.2. The number of amides is 1. The highest BCUT2D eigenvalue weighted by atomic mass is 32.1. The minimum atomic E-state index is 0.135. The lowest BCUT2D eigenvalue weighted by molar-refractivity contribution is -0.134. The van der Waals surface area contributed by atoms with E-state index in [0.717, 1.165) is 50.6 Å². The minimum Gasteiger partial charge on any atom is -0.469 e. The Labute approximate surface area is 133 Å². The number of piperazine rings is 1. The maximum Gasteiger partial charge on any atom is 0.226 e. The first kappa shape index (κ1) is 14.0. The Balaban J connectivity index is 1.28. The number of carbonyl (C=O) groups excluding carboxylic acids is 1. The smallest absolute Gasteiger partial charge is 0.226 e. The average molecular weight is 317 g/mol. The molecule has 0 aromatic carbocycles. The summed E-state index contributed by atoms with van der Waals surface area (Å²) < 4.78 is 5.42. The maximum absolute atomic E-state index is 12.5. The molecule has 0 N–H and O–H groups in total. The molecule has 1 saturated carbocycles. The molecule has 1 saturated heterocycles. The van der Waals surface area contributed by atoms with E-state index in [1.807, 2.05) is 22.5 Å². The van der Waals surface area contributed by atoms with Gasteiger partial charge in [-0.1, -0.05) is 0 Å². The van der Waals surface area contributed by atoms with Gasteiger partial charge in [0.15, 0.2) is 0 Å².